The molecule has 0 aliphatic carbocycles. The lowest BCUT2D eigenvalue weighted by Crippen LogP contribution is -2.45. The molecule has 0 aromatic heterocycles. The van der Waals surface area contributed by atoms with Crippen LogP contribution in [-0.4, -0.2) is 67.0 Å². The van der Waals surface area contributed by atoms with E-state index >= 15 is 0 Å². The number of urea groups is 1. The van der Waals surface area contributed by atoms with Crippen molar-refractivity contribution in [3.8, 4) is 0 Å². The maximum atomic E-state index is 12.4. The van der Waals surface area contributed by atoms with Crippen LogP contribution in [0.25, 0.3) is 0 Å². The van der Waals surface area contributed by atoms with E-state index in [9.17, 15) is 4.79 Å². The van der Waals surface area contributed by atoms with Crippen LogP contribution in [0, 0.1) is 0 Å². The number of benzene rings is 2. The number of carbonyl (C=O) groups is 1. The molecule has 35 heavy (non-hydrogen) atoms. The fourth-order valence-electron chi connectivity index (χ4n) is 4.47. The Morgan fingerprint density at radius 3 is 2.74 bits per heavy atom. The van der Waals surface area contributed by atoms with Crippen molar-refractivity contribution in [2.75, 3.05) is 43.5 Å². The van der Waals surface area contributed by atoms with Crippen LogP contribution < -0.4 is 16.4 Å². The van der Waals surface area contributed by atoms with E-state index in [1.807, 2.05) is 17.1 Å². The number of anilines is 2. The van der Waals surface area contributed by atoms with Gasteiger partial charge >= 0.3 is 6.03 Å². The van der Waals surface area contributed by atoms with Crippen LogP contribution >= 0.6 is 23.2 Å². The molecule has 5 rings (SSSR count). The zero-order chi connectivity index (χ0) is 24.4. The summed E-state index contributed by atoms with van der Waals surface area (Å²) in [5.74, 6) is 0.413. The average Bonchev–Trinajstić information content (AvgIpc) is 3.20. The summed E-state index contributed by atoms with van der Waals surface area (Å²) in [6, 6.07) is 11.8. The van der Waals surface area contributed by atoms with Crippen LogP contribution in [0.4, 0.5) is 16.2 Å². The molecule has 1 fully saturated rings. The van der Waals surface area contributed by atoms with Gasteiger partial charge in [0, 0.05) is 42.0 Å². The van der Waals surface area contributed by atoms with Crippen LogP contribution in [0.3, 0.4) is 0 Å². The third-order valence-electron chi connectivity index (χ3n) is 6.15. The van der Waals surface area contributed by atoms with Gasteiger partial charge in [-0.15, -0.1) is 0 Å². The number of nitrogens with zero attached hydrogens (tertiary/aromatic N) is 4. The topological polar surface area (TPSA) is 108 Å². The number of fused-ring (bicyclic) bond motifs is 1. The number of amides is 2. The van der Waals surface area contributed by atoms with Gasteiger partial charge in [-0.25, -0.2) is 9.79 Å². The second-order valence-corrected chi connectivity index (χ2v) is 9.32. The molecule has 0 spiro atoms. The van der Waals surface area contributed by atoms with E-state index in [2.05, 4.69) is 31.7 Å². The van der Waals surface area contributed by atoms with Crippen LogP contribution in [-0.2, 0) is 4.74 Å². The molecule has 182 valence electrons. The quantitative estimate of drug-likeness (QED) is 0.561. The molecule has 11 heteroatoms. The summed E-state index contributed by atoms with van der Waals surface area (Å²) in [5.41, 5.74) is 9.40. The number of carbonyl (C=O) groups excluding carboxylic acids is 1. The Hall–Kier alpha value is -3.11. The predicted octanol–water partition coefficient (Wildman–Crippen LogP) is 3.94. The molecule has 3 aliphatic heterocycles. The monoisotopic (exact) mass is 513 g/mol. The average molecular weight is 514 g/mol. The second kappa shape index (κ2) is 10.2. The van der Waals surface area contributed by atoms with E-state index in [0.717, 1.165) is 44.1 Å². The van der Waals surface area contributed by atoms with Gasteiger partial charge in [0.25, 0.3) is 0 Å². The standard InChI is InChI=1S/C24H25Cl2N7O2/c25-16-2-1-3-17(11-16)30-24(34)31-21-5-4-15(10-20(21)26)19-12-18(13-32-6-8-35-9-7-32)33-22(19)23(27)28-14-29-33/h1-5,10-12,14,19,22H,6-9,13H2,(H2,27,28,29)(H2,30,31,34). The number of nitrogens with one attached hydrogen (secondary N) is 2. The van der Waals surface area contributed by atoms with Gasteiger partial charge in [0.2, 0.25) is 0 Å². The van der Waals surface area contributed by atoms with Gasteiger partial charge in [-0.1, -0.05) is 41.4 Å². The van der Waals surface area contributed by atoms with Crippen LogP contribution in [0.5, 0.6) is 0 Å². The Kier molecular flexibility index (Phi) is 6.92. The number of aliphatic imine (C=N–C) groups is 1. The maximum absolute atomic E-state index is 12.4. The van der Waals surface area contributed by atoms with E-state index in [0.29, 0.717) is 27.3 Å². The van der Waals surface area contributed by atoms with Gasteiger partial charge in [0.1, 0.15) is 18.2 Å². The SMILES string of the molecule is NC1=NC=NN2C(CN3CCOCC3)=CC(c3ccc(NC(=O)Nc4cccc(Cl)c4)c(Cl)c3)C12. The number of halogens is 2. The normalized spacial score (nSPS) is 21.8. The highest BCUT2D eigenvalue weighted by Crippen LogP contribution is 2.38. The molecule has 2 aromatic carbocycles. The van der Waals surface area contributed by atoms with E-state index in [1.54, 1.807) is 30.3 Å². The number of ether oxygens (including phenoxy) is 1. The molecule has 4 N–H and O–H groups in total. The molecule has 2 atom stereocenters. The zero-order valence-corrected chi connectivity index (χ0v) is 20.3. The maximum Gasteiger partial charge on any atom is 0.323 e. The second-order valence-electron chi connectivity index (χ2n) is 8.48. The number of rotatable bonds is 5. The number of nitrogens with two attached hydrogens (primary N) is 1. The van der Waals surface area contributed by atoms with Gasteiger partial charge in [0.15, 0.2) is 0 Å². The lowest BCUT2D eigenvalue weighted by atomic mass is 9.92. The summed E-state index contributed by atoms with van der Waals surface area (Å²) in [7, 11) is 0. The fraction of sp³-hybridized carbons (Fsp3) is 0.292. The molecule has 2 unspecified atom stereocenters. The van der Waals surface area contributed by atoms with Crippen molar-refractivity contribution in [1.29, 1.82) is 0 Å². The molecule has 2 amide bonds. The first kappa shape index (κ1) is 23.6. The predicted molar refractivity (Wildman–Crippen MR) is 139 cm³/mol. The highest BCUT2D eigenvalue weighted by Gasteiger charge is 2.40. The minimum absolute atomic E-state index is 0.0842. The Morgan fingerprint density at radius 1 is 1.14 bits per heavy atom. The molecule has 9 nitrogen and oxygen atoms in total. The van der Waals surface area contributed by atoms with Crippen molar-refractivity contribution < 1.29 is 9.53 Å². The van der Waals surface area contributed by atoms with Gasteiger partial charge in [0.05, 0.1) is 23.9 Å². The van der Waals surface area contributed by atoms with Crippen molar-refractivity contribution >= 4 is 52.8 Å². The number of morpholine rings is 1. The molecule has 3 aliphatic rings. The lowest BCUT2D eigenvalue weighted by molar-refractivity contribution is 0.0393. The van der Waals surface area contributed by atoms with Gasteiger partial charge in [-0.05, 0) is 35.9 Å². The van der Waals surface area contributed by atoms with E-state index < -0.39 is 6.03 Å². The fourth-order valence-corrected chi connectivity index (χ4v) is 4.89. The number of hydrogen-bond acceptors (Lipinski definition) is 7. The van der Waals surface area contributed by atoms with Gasteiger partial charge in [-0.2, -0.15) is 5.10 Å². The first-order valence-corrected chi connectivity index (χ1v) is 12.0. The van der Waals surface area contributed by atoms with Crippen molar-refractivity contribution in [2.45, 2.75) is 12.0 Å². The number of amidine groups is 1. The van der Waals surface area contributed by atoms with E-state index in [4.69, 9.17) is 33.7 Å². The number of hydrazone groups is 1. The van der Waals surface area contributed by atoms with Crippen molar-refractivity contribution in [3.63, 3.8) is 0 Å². The van der Waals surface area contributed by atoms with Crippen LogP contribution in [0.15, 0.2) is 64.3 Å². The Morgan fingerprint density at radius 2 is 1.97 bits per heavy atom. The Balaban J connectivity index is 1.33. The van der Waals surface area contributed by atoms with E-state index in [1.165, 1.54) is 6.34 Å². The van der Waals surface area contributed by atoms with Crippen molar-refractivity contribution in [2.24, 2.45) is 15.8 Å². The summed E-state index contributed by atoms with van der Waals surface area (Å²) in [4.78, 5) is 19.0. The molecule has 0 bridgehead atoms. The minimum Gasteiger partial charge on any atom is -0.385 e. The summed E-state index contributed by atoms with van der Waals surface area (Å²) >= 11 is 12.6. The molecular weight excluding hydrogens is 489 g/mol. The first-order valence-electron chi connectivity index (χ1n) is 11.3. The van der Waals surface area contributed by atoms with Gasteiger partial charge in [-0.3, -0.25) is 9.91 Å². The third-order valence-corrected chi connectivity index (χ3v) is 6.70. The molecule has 2 aromatic rings. The smallest absolute Gasteiger partial charge is 0.323 e. The Labute approximate surface area is 213 Å². The van der Waals surface area contributed by atoms with E-state index in [-0.39, 0.29) is 12.0 Å². The lowest BCUT2D eigenvalue weighted by Gasteiger charge is -2.32. The summed E-state index contributed by atoms with van der Waals surface area (Å²) in [5, 5.41) is 12.9. The largest absolute Gasteiger partial charge is 0.385 e. The summed E-state index contributed by atoms with van der Waals surface area (Å²) in [6.07, 6.45) is 3.66. The van der Waals surface area contributed by atoms with Gasteiger partial charge < -0.3 is 21.1 Å². The summed E-state index contributed by atoms with van der Waals surface area (Å²) < 4.78 is 5.47. The van der Waals surface area contributed by atoms with Crippen LogP contribution in [0.1, 0.15) is 11.5 Å². The van der Waals surface area contributed by atoms with Crippen LogP contribution in [0.2, 0.25) is 10.0 Å². The molecule has 3 heterocycles. The molecule has 1 saturated heterocycles. The highest BCUT2D eigenvalue weighted by atomic mass is 35.5. The minimum atomic E-state index is -0.417. The van der Waals surface area contributed by atoms with Crippen molar-refractivity contribution in [3.05, 3.63) is 69.8 Å². The molecule has 0 saturated carbocycles. The zero-order valence-electron chi connectivity index (χ0n) is 18.8. The third kappa shape index (κ3) is 5.28. The number of hydrogen-bond donors (Lipinski definition) is 3. The first-order chi connectivity index (χ1) is 17.0. The molecular formula is C24H25Cl2N7O2. The highest BCUT2D eigenvalue weighted by molar-refractivity contribution is 6.34. The Bertz CT molecular complexity index is 1210. The molecule has 0 radical (unpaired) electrons. The summed E-state index contributed by atoms with van der Waals surface area (Å²) in [6.45, 7) is 3.94. The van der Waals surface area contributed by atoms with Crippen molar-refractivity contribution in [1.82, 2.24) is 9.91 Å².